The van der Waals surface area contributed by atoms with Crippen LogP contribution < -0.4 is 10.6 Å². The van der Waals surface area contributed by atoms with Gasteiger partial charge >= 0.3 is 0 Å². The van der Waals surface area contributed by atoms with E-state index in [0.717, 1.165) is 42.9 Å². The maximum absolute atomic E-state index is 12.7. The fraction of sp³-hybridized carbons (Fsp3) is 0.350. The molecule has 3 aromatic rings. The van der Waals surface area contributed by atoms with Gasteiger partial charge in [-0.1, -0.05) is 5.21 Å². The number of carbonyl (C=O) groups is 1. The Morgan fingerprint density at radius 3 is 2.61 bits per heavy atom. The number of nitrogens with zero attached hydrogens (tertiary/aromatic N) is 5. The van der Waals surface area contributed by atoms with Gasteiger partial charge in [-0.05, 0) is 70.1 Å². The van der Waals surface area contributed by atoms with Gasteiger partial charge in [0.25, 0.3) is 5.91 Å². The maximum Gasteiger partial charge on any atom is 0.278 e. The molecule has 1 amide bonds. The highest BCUT2D eigenvalue weighted by molar-refractivity contribution is 6.03. The van der Waals surface area contributed by atoms with Gasteiger partial charge in [-0.25, -0.2) is 14.6 Å². The molecule has 0 saturated carbocycles. The van der Waals surface area contributed by atoms with Crippen LogP contribution in [0.25, 0.3) is 11.4 Å². The molecule has 0 spiro atoms. The van der Waals surface area contributed by atoms with E-state index in [1.165, 1.54) is 0 Å². The van der Waals surface area contributed by atoms with Gasteiger partial charge in [0.1, 0.15) is 0 Å². The fourth-order valence-electron chi connectivity index (χ4n) is 3.43. The molecular formula is C20H23N7O. The Kier molecular flexibility index (Phi) is 5.12. The molecular weight excluding hydrogens is 354 g/mol. The Hall–Kier alpha value is -3.13. The van der Waals surface area contributed by atoms with E-state index >= 15 is 0 Å². The molecule has 2 aromatic heterocycles. The predicted octanol–water partition coefficient (Wildman–Crippen LogP) is 2.53. The molecule has 0 unspecified atom stereocenters. The average Bonchev–Trinajstić information content (AvgIpc) is 3.11. The van der Waals surface area contributed by atoms with Gasteiger partial charge in [-0.15, -0.1) is 5.10 Å². The van der Waals surface area contributed by atoms with Gasteiger partial charge in [0, 0.05) is 23.1 Å². The van der Waals surface area contributed by atoms with E-state index < -0.39 is 0 Å². The van der Waals surface area contributed by atoms with E-state index in [-0.39, 0.29) is 5.91 Å². The zero-order chi connectivity index (χ0) is 19.5. The molecule has 144 valence electrons. The summed E-state index contributed by atoms with van der Waals surface area (Å²) in [6.45, 7) is 5.75. The molecule has 3 heterocycles. The maximum atomic E-state index is 12.7. The minimum atomic E-state index is -0.253. The molecule has 4 rings (SSSR count). The highest BCUT2D eigenvalue weighted by Crippen LogP contribution is 2.22. The number of carbonyl (C=O) groups excluding carboxylic acids is 1. The van der Waals surface area contributed by atoms with Crippen molar-refractivity contribution in [3.05, 3.63) is 53.6 Å². The van der Waals surface area contributed by atoms with E-state index in [4.69, 9.17) is 0 Å². The highest BCUT2D eigenvalue weighted by Gasteiger charge is 2.23. The second-order valence-corrected chi connectivity index (χ2v) is 7.00. The van der Waals surface area contributed by atoms with E-state index in [1.54, 1.807) is 6.20 Å². The van der Waals surface area contributed by atoms with Crippen LogP contribution in [0.5, 0.6) is 0 Å². The molecule has 1 aliphatic heterocycles. The number of nitrogens with one attached hydrogen (secondary N) is 2. The van der Waals surface area contributed by atoms with Gasteiger partial charge in [0.05, 0.1) is 11.7 Å². The van der Waals surface area contributed by atoms with Crippen molar-refractivity contribution in [1.82, 2.24) is 30.3 Å². The zero-order valence-electron chi connectivity index (χ0n) is 16.0. The molecule has 1 aromatic carbocycles. The summed E-state index contributed by atoms with van der Waals surface area (Å²) in [4.78, 5) is 21.4. The SMILES string of the molecule is Cc1ccnc(-c2ccc(NC(=O)c3nnn(C4CCNCC4)c3C)cc2)n1. The number of rotatable bonds is 4. The van der Waals surface area contributed by atoms with Crippen molar-refractivity contribution < 1.29 is 4.79 Å². The van der Waals surface area contributed by atoms with Gasteiger partial charge < -0.3 is 10.6 Å². The first kappa shape index (κ1) is 18.2. The van der Waals surface area contributed by atoms with Crippen LogP contribution in [0.3, 0.4) is 0 Å². The van der Waals surface area contributed by atoms with Crippen LogP contribution in [-0.4, -0.2) is 44.0 Å². The van der Waals surface area contributed by atoms with Crippen molar-refractivity contribution >= 4 is 11.6 Å². The van der Waals surface area contributed by atoms with E-state index in [0.29, 0.717) is 23.2 Å². The number of amides is 1. The largest absolute Gasteiger partial charge is 0.321 e. The Morgan fingerprint density at radius 2 is 1.89 bits per heavy atom. The number of piperidine rings is 1. The molecule has 2 N–H and O–H groups in total. The molecule has 1 fully saturated rings. The number of anilines is 1. The van der Waals surface area contributed by atoms with Crippen LogP contribution in [0.15, 0.2) is 36.5 Å². The monoisotopic (exact) mass is 377 g/mol. The third-order valence-electron chi connectivity index (χ3n) is 4.99. The zero-order valence-corrected chi connectivity index (χ0v) is 16.0. The molecule has 0 aliphatic carbocycles. The molecule has 0 radical (unpaired) electrons. The molecule has 8 heteroatoms. The standard InChI is InChI=1S/C20H23N7O/c1-13-7-12-22-19(23-13)15-3-5-16(6-4-15)24-20(28)18-14(2)27(26-25-18)17-8-10-21-11-9-17/h3-7,12,17,21H,8-11H2,1-2H3,(H,24,28). The summed E-state index contributed by atoms with van der Waals surface area (Å²) in [5.41, 5.74) is 3.67. The summed E-state index contributed by atoms with van der Waals surface area (Å²) < 4.78 is 1.88. The lowest BCUT2D eigenvalue weighted by molar-refractivity contribution is 0.102. The lowest BCUT2D eigenvalue weighted by atomic mass is 10.1. The van der Waals surface area contributed by atoms with Crippen LogP contribution in [0.1, 0.15) is 40.8 Å². The number of benzene rings is 1. The van der Waals surface area contributed by atoms with Crippen molar-refractivity contribution in [1.29, 1.82) is 0 Å². The Balaban J connectivity index is 1.47. The van der Waals surface area contributed by atoms with Crippen molar-refractivity contribution in [2.24, 2.45) is 0 Å². The summed E-state index contributed by atoms with van der Waals surface area (Å²) in [5.74, 6) is 0.413. The molecule has 0 atom stereocenters. The first-order valence-electron chi connectivity index (χ1n) is 9.46. The van der Waals surface area contributed by atoms with Crippen LogP contribution in [0, 0.1) is 13.8 Å². The summed E-state index contributed by atoms with van der Waals surface area (Å²) in [7, 11) is 0. The van der Waals surface area contributed by atoms with Gasteiger partial charge in [0.15, 0.2) is 11.5 Å². The topological polar surface area (TPSA) is 97.6 Å². The second-order valence-electron chi connectivity index (χ2n) is 7.00. The predicted molar refractivity (Wildman–Crippen MR) is 106 cm³/mol. The number of hydrogen-bond acceptors (Lipinski definition) is 6. The van der Waals surface area contributed by atoms with Gasteiger partial charge in [-0.3, -0.25) is 4.79 Å². The average molecular weight is 377 g/mol. The Bertz CT molecular complexity index is 974. The third-order valence-corrected chi connectivity index (χ3v) is 4.99. The smallest absolute Gasteiger partial charge is 0.278 e. The highest BCUT2D eigenvalue weighted by atomic mass is 16.2. The number of aryl methyl sites for hydroxylation is 1. The fourth-order valence-corrected chi connectivity index (χ4v) is 3.43. The van der Waals surface area contributed by atoms with Gasteiger partial charge in [-0.2, -0.15) is 0 Å². The Labute approximate surface area is 163 Å². The van der Waals surface area contributed by atoms with Crippen molar-refractivity contribution in [2.75, 3.05) is 18.4 Å². The van der Waals surface area contributed by atoms with Crippen LogP contribution in [-0.2, 0) is 0 Å². The lowest BCUT2D eigenvalue weighted by Gasteiger charge is -2.23. The van der Waals surface area contributed by atoms with E-state index in [1.807, 2.05) is 48.9 Å². The van der Waals surface area contributed by atoms with Crippen molar-refractivity contribution in [2.45, 2.75) is 32.7 Å². The van der Waals surface area contributed by atoms with Crippen LogP contribution >= 0.6 is 0 Å². The summed E-state index contributed by atoms with van der Waals surface area (Å²) in [6, 6.07) is 9.62. The van der Waals surface area contributed by atoms with E-state index in [9.17, 15) is 4.79 Å². The summed E-state index contributed by atoms with van der Waals surface area (Å²) in [5, 5.41) is 14.6. The first-order valence-corrected chi connectivity index (χ1v) is 9.46. The van der Waals surface area contributed by atoms with Crippen LogP contribution in [0.4, 0.5) is 5.69 Å². The normalized spacial score (nSPS) is 14.8. The van der Waals surface area contributed by atoms with Crippen LogP contribution in [0.2, 0.25) is 0 Å². The molecule has 0 bridgehead atoms. The van der Waals surface area contributed by atoms with Gasteiger partial charge in [0.2, 0.25) is 0 Å². The minimum absolute atomic E-state index is 0.253. The number of hydrogen-bond donors (Lipinski definition) is 2. The lowest BCUT2D eigenvalue weighted by Crippen LogP contribution is -2.30. The Morgan fingerprint density at radius 1 is 1.14 bits per heavy atom. The second kappa shape index (κ2) is 7.85. The number of aromatic nitrogens is 5. The van der Waals surface area contributed by atoms with E-state index in [2.05, 4.69) is 30.9 Å². The summed E-state index contributed by atoms with van der Waals surface area (Å²) >= 11 is 0. The molecule has 28 heavy (non-hydrogen) atoms. The summed E-state index contributed by atoms with van der Waals surface area (Å²) in [6.07, 6.45) is 3.73. The molecule has 1 saturated heterocycles. The third kappa shape index (κ3) is 3.77. The first-order chi connectivity index (χ1) is 13.6. The minimum Gasteiger partial charge on any atom is -0.321 e. The molecule has 8 nitrogen and oxygen atoms in total. The molecule has 1 aliphatic rings. The van der Waals surface area contributed by atoms with Crippen molar-refractivity contribution in [3.8, 4) is 11.4 Å². The quantitative estimate of drug-likeness (QED) is 0.725. The van der Waals surface area contributed by atoms with Crippen molar-refractivity contribution in [3.63, 3.8) is 0 Å².